The summed E-state index contributed by atoms with van der Waals surface area (Å²) in [6.45, 7) is 3.37. The molecule has 1 aromatic carbocycles. The van der Waals surface area contributed by atoms with Gasteiger partial charge >= 0.3 is 0 Å². The van der Waals surface area contributed by atoms with Gasteiger partial charge in [-0.15, -0.1) is 0 Å². The number of hydrogen-bond acceptors (Lipinski definition) is 6. The van der Waals surface area contributed by atoms with Gasteiger partial charge in [-0.2, -0.15) is 0 Å². The average Bonchev–Trinajstić information content (AvgIpc) is 3.53. The zero-order chi connectivity index (χ0) is 23.8. The van der Waals surface area contributed by atoms with Gasteiger partial charge in [-0.3, -0.25) is 19.6 Å². The summed E-state index contributed by atoms with van der Waals surface area (Å²) >= 11 is 12.6. The third-order valence-electron chi connectivity index (χ3n) is 6.45. The van der Waals surface area contributed by atoms with Crippen molar-refractivity contribution in [1.82, 2.24) is 20.6 Å². The van der Waals surface area contributed by atoms with Gasteiger partial charge in [0, 0.05) is 39.6 Å². The molecular weight excluding hydrogens is 473 g/mol. The lowest BCUT2D eigenvalue weighted by atomic mass is 10.0. The fourth-order valence-corrected chi connectivity index (χ4v) is 5.29. The van der Waals surface area contributed by atoms with E-state index in [4.69, 9.17) is 28.2 Å². The lowest BCUT2D eigenvalue weighted by Crippen LogP contribution is -2.52. The van der Waals surface area contributed by atoms with Crippen LogP contribution in [0.15, 0.2) is 36.7 Å². The summed E-state index contributed by atoms with van der Waals surface area (Å²) in [6.07, 6.45) is 6.55. The number of carbonyl (C=O) groups excluding carboxylic acids is 2. The summed E-state index contributed by atoms with van der Waals surface area (Å²) in [4.78, 5) is 37.9. The zero-order valence-corrected chi connectivity index (χ0v) is 20.3. The van der Waals surface area contributed by atoms with Crippen molar-refractivity contribution in [2.45, 2.75) is 44.7 Å². The molecule has 34 heavy (non-hydrogen) atoms. The Morgan fingerprint density at radius 1 is 0.971 bits per heavy atom. The van der Waals surface area contributed by atoms with Crippen molar-refractivity contribution in [1.29, 1.82) is 0 Å². The third kappa shape index (κ3) is 4.29. The highest BCUT2D eigenvalue weighted by Crippen LogP contribution is 2.37. The molecule has 2 fully saturated rings. The lowest BCUT2D eigenvalue weighted by Gasteiger charge is -2.28. The van der Waals surface area contributed by atoms with Crippen LogP contribution in [-0.2, 0) is 9.59 Å². The topological polar surface area (TPSA) is 87.2 Å². The predicted molar refractivity (Wildman–Crippen MR) is 134 cm³/mol. The van der Waals surface area contributed by atoms with Crippen molar-refractivity contribution < 1.29 is 9.59 Å². The molecule has 2 aliphatic rings. The number of nitrogens with zero attached hydrogens (tertiary/aromatic N) is 3. The van der Waals surface area contributed by atoms with Crippen LogP contribution in [0.3, 0.4) is 0 Å². The highest BCUT2D eigenvalue weighted by Gasteiger charge is 2.37. The number of carbonyl (C=O) groups is 2. The van der Waals surface area contributed by atoms with Gasteiger partial charge in [0.25, 0.3) is 11.8 Å². The minimum Gasteiger partial charge on any atom is -0.306 e. The van der Waals surface area contributed by atoms with Crippen LogP contribution in [0, 0.1) is 6.92 Å². The predicted octanol–water partition coefficient (Wildman–Crippen LogP) is 4.28. The molecule has 2 atom stereocenters. The van der Waals surface area contributed by atoms with Crippen molar-refractivity contribution in [3.05, 3.63) is 52.4 Å². The number of hydrogen-bond donors (Lipinski definition) is 2. The molecule has 5 rings (SSSR count). The van der Waals surface area contributed by atoms with Crippen molar-refractivity contribution in [2.24, 2.45) is 0 Å². The molecule has 2 amide bonds. The molecule has 2 saturated heterocycles. The van der Waals surface area contributed by atoms with Crippen LogP contribution in [-0.4, -0.2) is 47.0 Å². The normalized spacial score (nSPS) is 20.1. The Morgan fingerprint density at radius 2 is 1.65 bits per heavy atom. The van der Waals surface area contributed by atoms with Gasteiger partial charge in [-0.05, 0) is 63.9 Å². The number of pyridine rings is 2. The van der Waals surface area contributed by atoms with Gasteiger partial charge in [-0.1, -0.05) is 29.3 Å². The van der Waals surface area contributed by atoms with Crippen molar-refractivity contribution in [2.75, 3.05) is 18.0 Å². The number of halogens is 2. The van der Waals surface area contributed by atoms with Crippen LogP contribution >= 0.6 is 23.2 Å². The summed E-state index contributed by atoms with van der Waals surface area (Å²) in [7, 11) is 0. The number of imide groups is 1. The Balaban J connectivity index is 1.69. The van der Waals surface area contributed by atoms with E-state index in [2.05, 4.69) is 15.6 Å². The lowest BCUT2D eigenvalue weighted by molar-refractivity contribution is -0.128. The van der Waals surface area contributed by atoms with Gasteiger partial charge < -0.3 is 10.6 Å². The number of anilines is 1. The van der Waals surface area contributed by atoms with E-state index in [1.54, 1.807) is 30.6 Å². The summed E-state index contributed by atoms with van der Waals surface area (Å²) in [5.41, 5.74) is 3.25. The molecule has 0 spiro atoms. The first kappa shape index (κ1) is 23.2. The van der Waals surface area contributed by atoms with E-state index in [1.165, 1.54) is 4.90 Å². The Kier molecular flexibility index (Phi) is 6.53. The number of benzene rings is 1. The zero-order valence-electron chi connectivity index (χ0n) is 18.8. The number of fused-ring (bicyclic) bond motifs is 1. The first-order valence-corrected chi connectivity index (χ1v) is 12.2. The molecule has 3 aromatic rings. The Hall–Kier alpha value is -2.58. The van der Waals surface area contributed by atoms with Gasteiger partial charge in [0.1, 0.15) is 0 Å². The number of amides is 2. The van der Waals surface area contributed by atoms with Gasteiger partial charge in [0.15, 0.2) is 0 Å². The summed E-state index contributed by atoms with van der Waals surface area (Å²) in [6, 6.07) is 6.26. The van der Waals surface area contributed by atoms with E-state index in [9.17, 15) is 9.59 Å². The van der Waals surface area contributed by atoms with Gasteiger partial charge in [-0.25, -0.2) is 4.90 Å². The van der Waals surface area contributed by atoms with Crippen LogP contribution in [0.1, 0.15) is 31.4 Å². The van der Waals surface area contributed by atoms with Crippen LogP contribution < -0.4 is 15.5 Å². The smallest absolute Gasteiger partial charge is 0.250 e. The number of aryl methyl sites for hydroxylation is 1. The molecule has 0 radical (unpaired) electrons. The van der Waals surface area contributed by atoms with Crippen molar-refractivity contribution in [3.63, 3.8) is 0 Å². The first-order valence-electron chi connectivity index (χ1n) is 11.5. The minimum absolute atomic E-state index is 0.238. The molecule has 0 bridgehead atoms. The SMILES string of the molecule is Cc1cc(N(C(=O)[C@H]2CCCN2)C(=O)[C@H]2CCCN2)c2cncc(-c3ccc(Cl)cc3Cl)c2n1. The van der Waals surface area contributed by atoms with E-state index in [0.29, 0.717) is 50.7 Å². The fraction of sp³-hybridized carbons (Fsp3) is 0.360. The van der Waals surface area contributed by atoms with E-state index in [-0.39, 0.29) is 11.8 Å². The highest BCUT2D eigenvalue weighted by atomic mass is 35.5. The monoisotopic (exact) mass is 497 g/mol. The van der Waals surface area contributed by atoms with E-state index in [0.717, 1.165) is 31.5 Å². The summed E-state index contributed by atoms with van der Waals surface area (Å²) < 4.78 is 0. The van der Waals surface area contributed by atoms with Crippen molar-refractivity contribution in [3.8, 4) is 11.1 Å². The van der Waals surface area contributed by atoms with Crippen molar-refractivity contribution >= 4 is 51.6 Å². The molecule has 9 heteroatoms. The van der Waals surface area contributed by atoms with Gasteiger partial charge in [0.05, 0.1) is 28.3 Å². The summed E-state index contributed by atoms with van der Waals surface area (Å²) in [5, 5.41) is 8.10. The fourth-order valence-electron chi connectivity index (χ4n) is 4.78. The Bertz CT molecular complexity index is 1240. The molecule has 0 aliphatic carbocycles. The van der Waals surface area contributed by atoms with Crippen LogP contribution in [0.4, 0.5) is 5.69 Å². The van der Waals surface area contributed by atoms with Crippen LogP contribution in [0.25, 0.3) is 22.0 Å². The molecule has 4 heterocycles. The molecule has 2 N–H and O–H groups in total. The highest BCUT2D eigenvalue weighted by molar-refractivity contribution is 6.36. The first-order chi connectivity index (χ1) is 16.4. The molecule has 2 aliphatic heterocycles. The standard InChI is InChI=1S/C25H25Cl2N5O2/c1-14-10-22(32(24(33)20-4-2-8-29-20)25(34)21-5-3-9-30-21)18-13-28-12-17(23(18)31-14)16-7-6-15(26)11-19(16)27/h6-7,10-13,20-21,29-30H,2-5,8-9H2,1H3/t20-,21-/m1/s1. The van der Waals surface area contributed by atoms with E-state index >= 15 is 0 Å². The molecule has 0 unspecified atom stereocenters. The maximum absolute atomic E-state index is 13.7. The molecule has 176 valence electrons. The summed E-state index contributed by atoms with van der Waals surface area (Å²) in [5.74, 6) is -0.476. The van der Waals surface area contributed by atoms with Crippen LogP contribution in [0.5, 0.6) is 0 Å². The largest absolute Gasteiger partial charge is 0.306 e. The van der Waals surface area contributed by atoms with E-state index in [1.807, 2.05) is 13.0 Å². The quantitative estimate of drug-likeness (QED) is 0.523. The minimum atomic E-state index is -0.393. The molecule has 7 nitrogen and oxygen atoms in total. The maximum atomic E-state index is 13.7. The third-order valence-corrected chi connectivity index (χ3v) is 6.99. The van der Waals surface area contributed by atoms with Gasteiger partial charge in [0.2, 0.25) is 0 Å². The number of nitrogens with one attached hydrogen (secondary N) is 2. The Morgan fingerprint density at radius 3 is 2.24 bits per heavy atom. The molecule has 2 aromatic heterocycles. The second kappa shape index (κ2) is 9.58. The van der Waals surface area contributed by atoms with Crippen LogP contribution in [0.2, 0.25) is 10.0 Å². The maximum Gasteiger partial charge on any atom is 0.250 e. The number of aromatic nitrogens is 2. The molecular formula is C25H25Cl2N5O2. The second-order valence-electron chi connectivity index (χ2n) is 8.80. The Labute approximate surface area is 207 Å². The van der Waals surface area contributed by atoms with E-state index < -0.39 is 12.1 Å². The molecule has 0 saturated carbocycles. The number of rotatable bonds is 4. The average molecular weight is 498 g/mol. The second-order valence-corrected chi connectivity index (χ2v) is 9.64.